The highest BCUT2D eigenvalue weighted by Gasteiger charge is 2.32. The van der Waals surface area contributed by atoms with Crippen LogP contribution in [0.2, 0.25) is 0 Å². The van der Waals surface area contributed by atoms with Crippen LogP contribution in [0.3, 0.4) is 0 Å². The monoisotopic (exact) mass is 274 g/mol. The second-order valence-corrected chi connectivity index (χ2v) is 8.40. The molecule has 18 heavy (non-hydrogen) atoms. The summed E-state index contributed by atoms with van der Waals surface area (Å²) in [7, 11) is -2.72. The Hall–Kier alpha value is -0.130. The van der Waals surface area contributed by atoms with Crippen molar-refractivity contribution in [2.75, 3.05) is 31.1 Å². The molecule has 0 saturated carbocycles. The van der Waals surface area contributed by atoms with Gasteiger partial charge in [0.15, 0.2) is 0 Å². The Morgan fingerprint density at radius 3 is 2.50 bits per heavy atom. The van der Waals surface area contributed by atoms with Gasteiger partial charge in [-0.15, -0.1) is 0 Å². The number of hydrogen-bond acceptors (Lipinski definition) is 4. The van der Waals surface area contributed by atoms with Crippen molar-refractivity contribution in [3.05, 3.63) is 0 Å². The third-order valence-corrected chi connectivity index (χ3v) is 5.89. The lowest BCUT2D eigenvalue weighted by Crippen LogP contribution is -2.40. The maximum absolute atomic E-state index is 11.4. The van der Waals surface area contributed by atoms with Crippen LogP contribution in [-0.4, -0.2) is 56.5 Å². The van der Waals surface area contributed by atoms with Crippen molar-refractivity contribution >= 4 is 9.84 Å². The fourth-order valence-corrected chi connectivity index (χ4v) is 4.47. The molecule has 2 saturated heterocycles. The van der Waals surface area contributed by atoms with Crippen molar-refractivity contribution in [2.24, 2.45) is 5.92 Å². The average Bonchev–Trinajstić information content (AvgIpc) is 2.75. The van der Waals surface area contributed by atoms with Gasteiger partial charge in [-0.2, -0.15) is 0 Å². The molecule has 5 heteroatoms. The normalized spacial score (nSPS) is 30.1. The lowest BCUT2D eigenvalue weighted by atomic mass is 10.1. The van der Waals surface area contributed by atoms with Gasteiger partial charge >= 0.3 is 0 Å². The van der Waals surface area contributed by atoms with E-state index in [4.69, 9.17) is 0 Å². The molecule has 1 atom stereocenters. The first-order valence-corrected chi connectivity index (χ1v) is 8.96. The van der Waals surface area contributed by atoms with Crippen LogP contribution < -0.4 is 5.32 Å². The van der Waals surface area contributed by atoms with E-state index in [0.717, 1.165) is 38.4 Å². The van der Waals surface area contributed by atoms with Gasteiger partial charge in [-0.1, -0.05) is 13.8 Å². The highest BCUT2D eigenvalue weighted by atomic mass is 32.2. The van der Waals surface area contributed by atoms with E-state index in [2.05, 4.69) is 24.1 Å². The SMILES string of the molecule is CC(C)NCC1CCN(C2CCS(=O)(=O)CC2)C1. The molecular weight excluding hydrogens is 248 g/mol. The molecule has 2 fully saturated rings. The molecule has 106 valence electrons. The molecule has 0 amide bonds. The minimum Gasteiger partial charge on any atom is -0.314 e. The van der Waals surface area contributed by atoms with E-state index in [-0.39, 0.29) is 0 Å². The summed E-state index contributed by atoms with van der Waals surface area (Å²) < 4.78 is 22.8. The minimum absolute atomic E-state index is 0.392. The Morgan fingerprint density at radius 2 is 1.89 bits per heavy atom. The van der Waals surface area contributed by atoms with Crippen LogP contribution in [0.15, 0.2) is 0 Å². The van der Waals surface area contributed by atoms with E-state index in [1.165, 1.54) is 6.42 Å². The number of nitrogens with zero attached hydrogens (tertiary/aromatic N) is 1. The maximum atomic E-state index is 11.4. The molecule has 0 radical (unpaired) electrons. The minimum atomic E-state index is -2.72. The summed E-state index contributed by atoms with van der Waals surface area (Å²) in [5.74, 6) is 1.53. The number of nitrogens with one attached hydrogen (secondary N) is 1. The first-order valence-electron chi connectivity index (χ1n) is 7.14. The fourth-order valence-electron chi connectivity index (χ4n) is 3.01. The van der Waals surface area contributed by atoms with Crippen LogP contribution in [0.4, 0.5) is 0 Å². The largest absolute Gasteiger partial charge is 0.314 e. The van der Waals surface area contributed by atoms with Gasteiger partial charge in [0.2, 0.25) is 0 Å². The molecule has 4 nitrogen and oxygen atoms in total. The Kier molecular flexibility index (Phi) is 4.67. The van der Waals surface area contributed by atoms with Gasteiger partial charge in [0.05, 0.1) is 11.5 Å². The van der Waals surface area contributed by atoms with Gasteiger partial charge in [0, 0.05) is 18.6 Å². The Bertz CT molecular complexity index is 353. The zero-order valence-corrected chi connectivity index (χ0v) is 12.4. The molecule has 1 N–H and O–H groups in total. The van der Waals surface area contributed by atoms with Gasteiger partial charge in [-0.25, -0.2) is 8.42 Å². The van der Waals surface area contributed by atoms with E-state index in [1.807, 2.05) is 0 Å². The molecule has 0 aromatic heterocycles. The van der Waals surface area contributed by atoms with E-state index < -0.39 is 9.84 Å². The molecule has 0 aliphatic carbocycles. The van der Waals surface area contributed by atoms with Crippen molar-refractivity contribution in [3.63, 3.8) is 0 Å². The number of rotatable bonds is 4. The Balaban J connectivity index is 1.76. The van der Waals surface area contributed by atoms with E-state index in [0.29, 0.717) is 23.6 Å². The highest BCUT2D eigenvalue weighted by Crippen LogP contribution is 2.24. The van der Waals surface area contributed by atoms with Crippen molar-refractivity contribution in [3.8, 4) is 0 Å². The molecule has 2 heterocycles. The van der Waals surface area contributed by atoms with Gasteiger partial charge in [-0.05, 0) is 38.3 Å². The van der Waals surface area contributed by atoms with E-state index in [1.54, 1.807) is 0 Å². The molecule has 1 unspecified atom stereocenters. The third kappa shape index (κ3) is 3.93. The number of sulfone groups is 1. The molecule has 0 aromatic rings. The van der Waals surface area contributed by atoms with Crippen LogP contribution >= 0.6 is 0 Å². The quantitative estimate of drug-likeness (QED) is 0.827. The Labute approximate surface area is 111 Å². The van der Waals surface area contributed by atoms with Crippen molar-refractivity contribution < 1.29 is 8.42 Å². The average molecular weight is 274 g/mol. The molecular formula is C13H26N2O2S. The molecule has 2 rings (SSSR count). The van der Waals surface area contributed by atoms with Crippen LogP contribution in [0, 0.1) is 5.92 Å². The predicted octanol–water partition coefficient (Wildman–Crippen LogP) is 0.884. The molecule has 2 aliphatic rings. The van der Waals surface area contributed by atoms with Crippen LogP contribution in [-0.2, 0) is 9.84 Å². The third-order valence-electron chi connectivity index (χ3n) is 4.17. The van der Waals surface area contributed by atoms with Crippen LogP contribution in [0.25, 0.3) is 0 Å². The zero-order valence-electron chi connectivity index (χ0n) is 11.6. The highest BCUT2D eigenvalue weighted by molar-refractivity contribution is 7.91. The first-order chi connectivity index (χ1) is 8.46. The lowest BCUT2D eigenvalue weighted by molar-refractivity contribution is 0.218. The Morgan fingerprint density at radius 1 is 1.22 bits per heavy atom. The number of hydrogen-bond donors (Lipinski definition) is 1. The second kappa shape index (κ2) is 5.88. The van der Waals surface area contributed by atoms with E-state index >= 15 is 0 Å². The summed E-state index contributed by atoms with van der Waals surface area (Å²) in [6, 6.07) is 1.07. The van der Waals surface area contributed by atoms with Crippen molar-refractivity contribution in [2.45, 2.75) is 45.2 Å². The first kappa shape index (κ1) is 14.3. The van der Waals surface area contributed by atoms with Crippen molar-refractivity contribution in [1.82, 2.24) is 10.2 Å². The van der Waals surface area contributed by atoms with Crippen molar-refractivity contribution in [1.29, 1.82) is 0 Å². The molecule has 2 aliphatic heterocycles. The molecule has 0 bridgehead atoms. The summed E-state index contributed by atoms with van der Waals surface area (Å²) in [5, 5.41) is 3.50. The van der Waals surface area contributed by atoms with Gasteiger partial charge in [-0.3, -0.25) is 4.90 Å². The summed E-state index contributed by atoms with van der Waals surface area (Å²) >= 11 is 0. The van der Waals surface area contributed by atoms with E-state index in [9.17, 15) is 8.42 Å². The topological polar surface area (TPSA) is 49.4 Å². The summed E-state index contributed by atoms with van der Waals surface area (Å²) in [5.41, 5.74) is 0. The van der Waals surface area contributed by atoms with Gasteiger partial charge in [0.1, 0.15) is 9.84 Å². The second-order valence-electron chi connectivity index (χ2n) is 6.10. The summed E-state index contributed by atoms with van der Waals surface area (Å²) in [6.07, 6.45) is 2.93. The summed E-state index contributed by atoms with van der Waals surface area (Å²) in [6.45, 7) is 7.75. The predicted molar refractivity (Wildman–Crippen MR) is 74.5 cm³/mol. The van der Waals surface area contributed by atoms with Gasteiger partial charge < -0.3 is 5.32 Å². The lowest BCUT2D eigenvalue weighted by Gasteiger charge is -2.31. The number of likely N-dealkylation sites (tertiary alicyclic amines) is 1. The van der Waals surface area contributed by atoms with Crippen LogP contribution in [0.5, 0.6) is 0 Å². The van der Waals surface area contributed by atoms with Crippen LogP contribution in [0.1, 0.15) is 33.1 Å². The molecule has 0 aromatic carbocycles. The molecule has 0 spiro atoms. The summed E-state index contributed by atoms with van der Waals surface area (Å²) in [4.78, 5) is 2.52. The van der Waals surface area contributed by atoms with Gasteiger partial charge in [0.25, 0.3) is 0 Å². The maximum Gasteiger partial charge on any atom is 0.150 e. The standard InChI is InChI=1S/C13H26N2O2S/c1-11(2)14-9-12-3-6-15(10-12)13-4-7-18(16,17)8-5-13/h11-14H,3-10H2,1-2H3. The zero-order chi connectivity index (χ0) is 13.2. The fraction of sp³-hybridized carbons (Fsp3) is 1.00. The smallest absolute Gasteiger partial charge is 0.150 e.